The molecular weight excluding hydrogens is 286 g/mol. The third-order valence-electron chi connectivity index (χ3n) is 3.64. The number of aromatic nitrogens is 1. The van der Waals surface area contributed by atoms with Crippen LogP contribution in [0.1, 0.15) is 12.0 Å². The summed E-state index contributed by atoms with van der Waals surface area (Å²) >= 11 is 0. The molecule has 0 spiro atoms. The van der Waals surface area contributed by atoms with Gasteiger partial charge in [0.25, 0.3) is 0 Å². The van der Waals surface area contributed by atoms with E-state index in [1.165, 1.54) is 5.56 Å². The second kappa shape index (κ2) is 6.92. The quantitative estimate of drug-likeness (QED) is 0.749. The van der Waals surface area contributed by atoms with Gasteiger partial charge in [0.1, 0.15) is 0 Å². The van der Waals surface area contributed by atoms with E-state index in [2.05, 4.69) is 15.6 Å². The van der Waals surface area contributed by atoms with Crippen LogP contribution >= 0.6 is 0 Å². The fourth-order valence-corrected chi connectivity index (χ4v) is 2.42. The Kier molecular flexibility index (Phi) is 4.52. The van der Waals surface area contributed by atoms with Crippen molar-refractivity contribution in [2.24, 2.45) is 0 Å². The number of nitrogens with zero attached hydrogens (tertiary/aromatic N) is 1. The molecule has 0 aliphatic carbocycles. The minimum Gasteiger partial charge on any atom is -0.383 e. The van der Waals surface area contributed by atoms with Crippen molar-refractivity contribution in [1.29, 1.82) is 0 Å². The van der Waals surface area contributed by atoms with Gasteiger partial charge in [-0.2, -0.15) is 0 Å². The highest BCUT2D eigenvalue weighted by atomic mass is 16.1. The molecule has 23 heavy (non-hydrogen) atoms. The van der Waals surface area contributed by atoms with Gasteiger partial charge in [-0.3, -0.25) is 9.78 Å². The summed E-state index contributed by atoms with van der Waals surface area (Å²) in [6.45, 7) is 2.58. The van der Waals surface area contributed by atoms with Crippen molar-refractivity contribution in [3.8, 4) is 0 Å². The summed E-state index contributed by atoms with van der Waals surface area (Å²) in [5.41, 5.74) is 3.88. The number of hydrogen-bond acceptors (Lipinski definition) is 3. The molecule has 0 aliphatic heterocycles. The second-order valence-corrected chi connectivity index (χ2v) is 5.47. The smallest absolute Gasteiger partial charge is 0.226 e. The second-order valence-electron chi connectivity index (χ2n) is 5.47. The van der Waals surface area contributed by atoms with Gasteiger partial charge >= 0.3 is 0 Å². The lowest BCUT2D eigenvalue weighted by molar-refractivity contribution is -0.115. The van der Waals surface area contributed by atoms with Crippen LogP contribution in [-0.2, 0) is 4.79 Å². The van der Waals surface area contributed by atoms with E-state index in [1.807, 2.05) is 61.5 Å². The summed E-state index contributed by atoms with van der Waals surface area (Å²) in [6, 6.07) is 17.7. The van der Waals surface area contributed by atoms with Gasteiger partial charge in [0.2, 0.25) is 5.91 Å². The average molecular weight is 305 g/mol. The van der Waals surface area contributed by atoms with Gasteiger partial charge in [0.05, 0.1) is 11.2 Å². The molecule has 0 atom stereocenters. The Morgan fingerprint density at radius 2 is 1.83 bits per heavy atom. The molecule has 2 aromatic carbocycles. The van der Waals surface area contributed by atoms with Crippen LogP contribution in [0.25, 0.3) is 10.9 Å². The number of para-hydroxylation sites is 1. The zero-order valence-electron chi connectivity index (χ0n) is 13.0. The molecule has 0 radical (unpaired) electrons. The number of pyridine rings is 1. The first-order valence-corrected chi connectivity index (χ1v) is 7.66. The number of anilines is 2. The molecule has 3 rings (SSSR count). The highest BCUT2D eigenvalue weighted by Crippen LogP contribution is 2.20. The minimum atomic E-state index is -0.00505. The maximum Gasteiger partial charge on any atom is 0.226 e. The van der Waals surface area contributed by atoms with Crippen LogP contribution in [0.15, 0.2) is 60.8 Å². The zero-order chi connectivity index (χ0) is 16.1. The number of nitrogens with one attached hydrogen (secondary N) is 2. The highest BCUT2D eigenvalue weighted by Gasteiger charge is 2.04. The molecule has 0 fully saturated rings. The van der Waals surface area contributed by atoms with Crippen molar-refractivity contribution in [3.63, 3.8) is 0 Å². The van der Waals surface area contributed by atoms with Gasteiger partial charge in [0, 0.05) is 30.2 Å². The highest BCUT2D eigenvalue weighted by molar-refractivity contribution is 5.92. The molecule has 4 heteroatoms. The normalized spacial score (nSPS) is 10.5. The van der Waals surface area contributed by atoms with Crippen molar-refractivity contribution in [3.05, 3.63) is 66.4 Å². The lowest BCUT2D eigenvalue weighted by Gasteiger charge is -2.09. The number of benzene rings is 2. The van der Waals surface area contributed by atoms with Crippen molar-refractivity contribution < 1.29 is 4.79 Å². The van der Waals surface area contributed by atoms with Crippen LogP contribution in [-0.4, -0.2) is 17.4 Å². The summed E-state index contributed by atoms with van der Waals surface area (Å²) < 4.78 is 0. The van der Waals surface area contributed by atoms with E-state index in [1.54, 1.807) is 6.20 Å². The summed E-state index contributed by atoms with van der Waals surface area (Å²) in [5, 5.41) is 7.27. The van der Waals surface area contributed by atoms with E-state index in [-0.39, 0.29) is 5.91 Å². The largest absolute Gasteiger partial charge is 0.383 e. The number of rotatable bonds is 5. The van der Waals surface area contributed by atoms with E-state index in [0.717, 1.165) is 22.3 Å². The molecule has 0 unspecified atom stereocenters. The Morgan fingerprint density at radius 1 is 1.04 bits per heavy atom. The first-order valence-electron chi connectivity index (χ1n) is 7.66. The maximum atomic E-state index is 12.0. The minimum absolute atomic E-state index is 0.00505. The van der Waals surface area contributed by atoms with Crippen LogP contribution in [0.4, 0.5) is 11.4 Å². The molecule has 0 aliphatic rings. The van der Waals surface area contributed by atoms with Crippen molar-refractivity contribution in [1.82, 2.24) is 4.98 Å². The number of amides is 1. The molecule has 0 bridgehead atoms. The Balaban J connectivity index is 1.56. The molecule has 1 heterocycles. The third kappa shape index (κ3) is 3.86. The van der Waals surface area contributed by atoms with Crippen molar-refractivity contribution in [2.45, 2.75) is 13.3 Å². The topological polar surface area (TPSA) is 54.0 Å². The first-order chi connectivity index (χ1) is 11.2. The van der Waals surface area contributed by atoms with Crippen LogP contribution in [0.5, 0.6) is 0 Å². The summed E-state index contributed by atoms with van der Waals surface area (Å²) in [5.74, 6) is -0.00505. The van der Waals surface area contributed by atoms with E-state index in [4.69, 9.17) is 0 Å². The lowest BCUT2D eigenvalue weighted by atomic mass is 10.2. The van der Waals surface area contributed by atoms with Gasteiger partial charge in [-0.05, 0) is 31.2 Å². The Bertz CT molecular complexity index is 807. The Labute approximate surface area is 135 Å². The predicted octanol–water partition coefficient (Wildman–Crippen LogP) is 3.98. The summed E-state index contributed by atoms with van der Waals surface area (Å²) in [7, 11) is 0. The molecule has 116 valence electrons. The maximum absolute atomic E-state index is 12.0. The molecule has 0 saturated heterocycles. The first kappa shape index (κ1) is 15.0. The molecule has 0 saturated carbocycles. The van der Waals surface area contributed by atoms with Crippen molar-refractivity contribution in [2.75, 3.05) is 17.2 Å². The average Bonchev–Trinajstić information content (AvgIpc) is 2.57. The van der Waals surface area contributed by atoms with Crippen LogP contribution in [0.3, 0.4) is 0 Å². The standard InChI is InChI=1S/C19H19N3O/c1-14-7-9-16(10-8-14)22-18(23)11-13-20-17-6-2-4-15-5-3-12-21-19(15)17/h2-10,12,20H,11,13H2,1H3,(H,22,23). The van der Waals surface area contributed by atoms with E-state index >= 15 is 0 Å². The molecule has 1 aromatic heterocycles. The fraction of sp³-hybridized carbons (Fsp3) is 0.158. The van der Waals surface area contributed by atoms with Crippen LogP contribution < -0.4 is 10.6 Å². The Hall–Kier alpha value is -2.88. The van der Waals surface area contributed by atoms with Gasteiger partial charge < -0.3 is 10.6 Å². The number of carbonyl (C=O) groups excluding carboxylic acids is 1. The monoisotopic (exact) mass is 305 g/mol. The number of fused-ring (bicyclic) bond motifs is 1. The zero-order valence-corrected chi connectivity index (χ0v) is 13.0. The number of aryl methyl sites for hydroxylation is 1. The molecule has 4 nitrogen and oxygen atoms in total. The van der Waals surface area contributed by atoms with Crippen LogP contribution in [0.2, 0.25) is 0 Å². The van der Waals surface area contributed by atoms with E-state index in [9.17, 15) is 4.79 Å². The lowest BCUT2D eigenvalue weighted by Crippen LogP contribution is -2.16. The predicted molar refractivity (Wildman–Crippen MR) is 94.7 cm³/mol. The number of hydrogen-bond donors (Lipinski definition) is 2. The molecular formula is C19H19N3O. The molecule has 3 aromatic rings. The fourth-order valence-electron chi connectivity index (χ4n) is 2.42. The van der Waals surface area contributed by atoms with Gasteiger partial charge in [0.15, 0.2) is 0 Å². The SMILES string of the molecule is Cc1ccc(NC(=O)CCNc2cccc3cccnc23)cc1. The van der Waals surface area contributed by atoms with E-state index < -0.39 is 0 Å². The third-order valence-corrected chi connectivity index (χ3v) is 3.64. The molecule has 1 amide bonds. The van der Waals surface area contributed by atoms with Crippen molar-refractivity contribution >= 4 is 28.2 Å². The van der Waals surface area contributed by atoms with Gasteiger partial charge in [-0.25, -0.2) is 0 Å². The van der Waals surface area contributed by atoms with Gasteiger partial charge in [-0.15, -0.1) is 0 Å². The van der Waals surface area contributed by atoms with E-state index in [0.29, 0.717) is 13.0 Å². The van der Waals surface area contributed by atoms with Gasteiger partial charge in [-0.1, -0.05) is 35.9 Å². The summed E-state index contributed by atoms with van der Waals surface area (Å²) in [6.07, 6.45) is 2.18. The number of carbonyl (C=O) groups is 1. The van der Waals surface area contributed by atoms with Crippen LogP contribution in [0, 0.1) is 6.92 Å². The molecule has 2 N–H and O–H groups in total. The Morgan fingerprint density at radius 3 is 2.65 bits per heavy atom. The summed E-state index contributed by atoms with van der Waals surface area (Å²) in [4.78, 5) is 16.4.